The highest BCUT2D eigenvalue weighted by atomic mass is 16.3. The van der Waals surface area contributed by atoms with Crippen LogP contribution in [0, 0.1) is 0 Å². The van der Waals surface area contributed by atoms with E-state index in [1.54, 1.807) is 12.1 Å². The van der Waals surface area contributed by atoms with E-state index in [1.807, 2.05) is 18.2 Å². The molecule has 1 amide bonds. The van der Waals surface area contributed by atoms with Crippen LogP contribution < -0.4 is 5.32 Å². The molecule has 1 aromatic carbocycles. The van der Waals surface area contributed by atoms with Gasteiger partial charge in [0.05, 0.1) is 0 Å². The number of fused-ring (bicyclic) bond motifs is 1. The summed E-state index contributed by atoms with van der Waals surface area (Å²) in [6.45, 7) is 0. The fourth-order valence-corrected chi connectivity index (χ4v) is 1.48. The number of carbonyl (C=O) groups excluding carboxylic acids is 1. The third-order valence-corrected chi connectivity index (χ3v) is 2.23. The van der Waals surface area contributed by atoms with Crippen molar-refractivity contribution in [1.82, 2.24) is 20.6 Å². The topological polar surface area (TPSA) is 96.7 Å². The summed E-state index contributed by atoms with van der Waals surface area (Å²) < 4.78 is 5.38. The minimum Gasteiger partial charge on any atom is -0.451 e. The molecule has 0 radical (unpaired) electrons. The molecule has 0 bridgehead atoms. The zero-order valence-corrected chi connectivity index (χ0v) is 8.54. The van der Waals surface area contributed by atoms with Gasteiger partial charge in [0.25, 0.3) is 5.91 Å². The van der Waals surface area contributed by atoms with E-state index >= 15 is 0 Å². The Kier molecular flexibility index (Phi) is 2.08. The highest BCUT2D eigenvalue weighted by Crippen LogP contribution is 2.19. The Hall–Kier alpha value is -2.70. The zero-order valence-electron chi connectivity index (χ0n) is 8.54. The number of aromatic amines is 1. The van der Waals surface area contributed by atoms with Crippen molar-refractivity contribution < 1.29 is 9.21 Å². The molecule has 2 heterocycles. The molecule has 0 saturated carbocycles. The Balaban J connectivity index is 1.90. The molecule has 2 N–H and O–H groups in total. The molecule has 0 fully saturated rings. The average molecular weight is 229 g/mol. The summed E-state index contributed by atoms with van der Waals surface area (Å²) in [4.78, 5) is 11.8. The number of rotatable bonds is 2. The maximum atomic E-state index is 11.8. The summed E-state index contributed by atoms with van der Waals surface area (Å²) in [5.74, 6) is -0.0159. The molecule has 0 saturated heterocycles. The second kappa shape index (κ2) is 3.71. The zero-order chi connectivity index (χ0) is 11.7. The summed E-state index contributed by atoms with van der Waals surface area (Å²) in [6, 6.07) is 9.04. The number of hydrogen-bond donors (Lipinski definition) is 2. The van der Waals surface area contributed by atoms with E-state index in [1.165, 1.54) is 0 Å². The van der Waals surface area contributed by atoms with Crippen molar-refractivity contribution in [2.75, 3.05) is 5.32 Å². The molecule has 0 unspecified atom stereocenters. The number of amides is 1. The maximum absolute atomic E-state index is 11.8. The second-order valence-corrected chi connectivity index (χ2v) is 3.35. The molecule has 7 nitrogen and oxygen atoms in total. The van der Waals surface area contributed by atoms with Gasteiger partial charge in [-0.2, -0.15) is 0 Å². The van der Waals surface area contributed by atoms with E-state index in [4.69, 9.17) is 4.42 Å². The van der Waals surface area contributed by atoms with Gasteiger partial charge in [0.15, 0.2) is 5.76 Å². The largest absolute Gasteiger partial charge is 0.451 e. The first-order valence-electron chi connectivity index (χ1n) is 4.86. The second-order valence-electron chi connectivity index (χ2n) is 3.35. The van der Waals surface area contributed by atoms with E-state index < -0.39 is 5.91 Å². The van der Waals surface area contributed by atoms with Crippen LogP contribution in [0.2, 0.25) is 0 Å². The number of anilines is 1. The van der Waals surface area contributed by atoms with Crippen molar-refractivity contribution in [2.45, 2.75) is 0 Å². The van der Waals surface area contributed by atoms with Crippen molar-refractivity contribution in [3.8, 4) is 0 Å². The molecular formula is C10H7N5O2. The van der Waals surface area contributed by atoms with Crippen LogP contribution >= 0.6 is 0 Å². The number of tetrazole rings is 1. The highest BCUT2D eigenvalue weighted by Gasteiger charge is 2.13. The van der Waals surface area contributed by atoms with Gasteiger partial charge in [-0.05, 0) is 22.6 Å². The minimum absolute atomic E-state index is 0.176. The van der Waals surface area contributed by atoms with E-state index in [-0.39, 0.29) is 11.7 Å². The Labute approximate surface area is 94.8 Å². The lowest BCUT2D eigenvalue weighted by atomic mass is 10.2. The highest BCUT2D eigenvalue weighted by molar-refractivity contribution is 6.03. The van der Waals surface area contributed by atoms with Gasteiger partial charge in [0.1, 0.15) is 5.58 Å². The van der Waals surface area contributed by atoms with Crippen LogP contribution in [-0.2, 0) is 0 Å². The molecule has 3 rings (SSSR count). The quantitative estimate of drug-likeness (QED) is 0.688. The summed E-state index contributed by atoms with van der Waals surface area (Å²) in [5.41, 5.74) is 0.661. The molecule has 7 heteroatoms. The fourth-order valence-electron chi connectivity index (χ4n) is 1.48. The first kappa shape index (κ1) is 9.52. The number of benzene rings is 1. The van der Waals surface area contributed by atoms with Gasteiger partial charge in [-0.3, -0.25) is 10.1 Å². The van der Waals surface area contributed by atoms with Crippen LogP contribution in [0.5, 0.6) is 0 Å². The van der Waals surface area contributed by atoms with Gasteiger partial charge in [-0.15, -0.1) is 0 Å². The van der Waals surface area contributed by atoms with Gasteiger partial charge < -0.3 is 4.42 Å². The first-order valence-corrected chi connectivity index (χ1v) is 4.86. The molecule has 0 spiro atoms. The molecule has 0 atom stereocenters. The van der Waals surface area contributed by atoms with E-state index in [2.05, 4.69) is 25.9 Å². The summed E-state index contributed by atoms with van der Waals surface area (Å²) >= 11 is 0. The van der Waals surface area contributed by atoms with Crippen LogP contribution in [0.4, 0.5) is 5.95 Å². The van der Waals surface area contributed by atoms with Crippen LogP contribution in [0.3, 0.4) is 0 Å². The van der Waals surface area contributed by atoms with Crippen molar-refractivity contribution in [1.29, 1.82) is 0 Å². The molecule has 0 aliphatic rings. The number of hydrogen-bond acceptors (Lipinski definition) is 5. The summed E-state index contributed by atoms with van der Waals surface area (Å²) in [6.07, 6.45) is 0. The van der Waals surface area contributed by atoms with E-state index in [0.29, 0.717) is 5.58 Å². The van der Waals surface area contributed by atoms with Crippen LogP contribution in [0.1, 0.15) is 10.6 Å². The van der Waals surface area contributed by atoms with Crippen molar-refractivity contribution in [3.63, 3.8) is 0 Å². The standard InChI is InChI=1S/C10H7N5O2/c16-9(11-10-12-14-15-13-10)8-5-6-3-1-2-4-7(6)17-8/h1-5H,(H2,11,12,13,14,15,16). The summed E-state index contributed by atoms with van der Waals surface area (Å²) in [5, 5.41) is 16.0. The van der Waals surface area contributed by atoms with Crippen LogP contribution in [0.25, 0.3) is 11.0 Å². The molecule has 0 aliphatic carbocycles. The van der Waals surface area contributed by atoms with Gasteiger partial charge in [0.2, 0.25) is 5.95 Å². The number of para-hydroxylation sites is 1. The first-order chi connectivity index (χ1) is 8.33. The molecular weight excluding hydrogens is 222 g/mol. The summed E-state index contributed by atoms with van der Waals surface area (Å²) in [7, 11) is 0. The van der Waals surface area contributed by atoms with Gasteiger partial charge in [-0.1, -0.05) is 23.3 Å². The van der Waals surface area contributed by atoms with Gasteiger partial charge in [-0.25, -0.2) is 5.10 Å². The Bertz CT molecular complexity index is 625. The molecule has 0 aliphatic heterocycles. The molecule has 17 heavy (non-hydrogen) atoms. The van der Waals surface area contributed by atoms with Gasteiger partial charge in [0, 0.05) is 5.39 Å². The Morgan fingerprint density at radius 1 is 1.35 bits per heavy atom. The number of nitrogens with zero attached hydrogens (tertiary/aromatic N) is 3. The molecule has 84 valence electrons. The predicted molar refractivity (Wildman–Crippen MR) is 58.3 cm³/mol. The van der Waals surface area contributed by atoms with Crippen molar-refractivity contribution >= 4 is 22.8 Å². The van der Waals surface area contributed by atoms with Crippen LogP contribution in [-0.4, -0.2) is 26.5 Å². The van der Waals surface area contributed by atoms with Crippen molar-refractivity contribution in [3.05, 3.63) is 36.1 Å². The predicted octanol–water partition coefficient (Wildman–Crippen LogP) is 1.20. The number of carbonyl (C=O) groups is 1. The van der Waals surface area contributed by atoms with E-state index in [0.717, 1.165) is 5.39 Å². The SMILES string of the molecule is O=C(Nc1nnn[nH]1)c1cc2ccccc2o1. The lowest BCUT2D eigenvalue weighted by molar-refractivity contribution is 0.0998. The normalized spacial score (nSPS) is 10.6. The lowest BCUT2D eigenvalue weighted by Gasteiger charge is -1.95. The fraction of sp³-hybridized carbons (Fsp3) is 0. The third kappa shape index (κ3) is 1.73. The monoisotopic (exact) mass is 229 g/mol. The minimum atomic E-state index is -0.403. The number of H-pyrrole nitrogens is 1. The number of aromatic nitrogens is 4. The lowest BCUT2D eigenvalue weighted by Crippen LogP contribution is -2.11. The Morgan fingerprint density at radius 3 is 3.00 bits per heavy atom. The van der Waals surface area contributed by atoms with Crippen molar-refractivity contribution in [2.24, 2.45) is 0 Å². The average Bonchev–Trinajstić information content (AvgIpc) is 2.96. The van der Waals surface area contributed by atoms with Gasteiger partial charge >= 0.3 is 0 Å². The smallest absolute Gasteiger partial charge is 0.293 e. The maximum Gasteiger partial charge on any atom is 0.293 e. The Morgan fingerprint density at radius 2 is 2.24 bits per heavy atom. The van der Waals surface area contributed by atoms with Crippen LogP contribution in [0.15, 0.2) is 34.7 Å². The van der Waals surface area contributed by atoms with E-state index in [9.17, 15) is 4.79 Å². The number of furan rings is 1. The number of nitrogens with one attached hydrogen (secondary N) is 2. The molecule has 3 aromatic rings. The molecule has 2 aromatic heterocycles. The third-order valence-electron chi connectivity index (χ3n) is 2.23.